The average Bonchev–Trinajstić information content (AvgIpc) is 3.01. The molecule has 0 bridgehead atoms. The summed E-state index contributed by atoms with van der Waals surface area (Å²) in [6, 6.07) is -1.52. The second-order valence-corrected chi connectivity index (χ2v) is 9.20. The molecule has 2 fully saturated rings. The van der Waals surface area contributed by atoms with E-state index in [0.29, 0.717) is 13.1 Å². The molecule has 4 aliphatic rings. The van der Waals surface area contributed by atoms with Crippen molar-refractivity contribution >= 4 is 17.8 Å². The number of nitrogens with zero attached hydrogens (tertiary/aromatic N) is 2. The number of rotatable bonds is 6. The first kappa shape index (κ1) is 22.0. The van der Waals surface area contributed by atoms with Gasteiger partial charge in [0.1, 0.15) is 24.2 Å². The summed E-state index contributed by atoms with van der Waals surface area (Å²) < 4.78 is 11.9. The Balaban J connectivity index is 1.81. The van der Waals surface area contributed by atoms with E-state index in [4.69, 9.17) is 9.47 Å². The average molecular weight is 433 g/mol. The maximum atomic E-state index is 13.8. The van der Waals surface area contributed by atoms with Crippen molar-refractivity contribution in [1.82, 2.24) is 9.80 Å². The van der Waals surface area contributed by atoms with Crippen LogP contribution in [-0.2, 0) is 23.9 Å². The van der Waals surface area contributed by atoms with E-state index in [-0.39, 0.29) is 25.0 Å². The van der Waals surface area contributed by atoms with Gasteiger partial charge in [-0.1, -0.05) is 38.0 Å². The molecule has 8 nitrogen and oxygen atoms in total. The molecule has 1 unspecified atom stereocenters. The Kier molecular flexibility index (Phi) is 5.72. The second-order valence-electron chi connectivity index (χ2n) is 9.20. The number of fused-ring (bicyclic) bond motifs is 2. The summed E-state index contributed by atoms with van der Waals surface area (Å²) in [6.45, 7) is 6.45. The van der Waals surface area contributed by atoms with Crippen molar-refractivity contribution in [3.05, 3.63) is 24.3 Å². The third kappa shape index (κ3) is 3.22. The molecule has 8 heteroatoms. The number of cyclic esters (lactones) is 1. The van der Waals surface area contributed by atoms with Gasteiger partial charge in [0.05, 0.1) is 24.2 Å². The van der Waals surface area contributed by atoms with Crippen LogP contribution in [0.25, 0.3) is 0 Å². The number of aliphatic hydroxyl groups excluding tert-OH is 1. The summed E-state index contributed by atoms with van der Waals surface area (Å²) in [5.41, 5.74) is -2.33. The molecule has 1 N–H and O–H groups in total. The van der Waals surface area contributed by atoms with Crippen molar-refractivity contribution in [2.45, 2.75) is 63.3 Å². The third-order valence-electron chi connectivity index (χ3n) is 7.10. The number of hydrogen-bond donors (Lipinski definition) is 1. The molecule has 4 aliphatic heterocycles. The minimum Gasteiger partial charge on any atom is -0.461 e. The van der Waals surface area contributed by atoms with E-state index in [1.807, 2.05) is 12.2 Å². The highest BCUT2D eigenvalue weighted by Gasteiger charge is 2.75. The van der Waals surface area contributed by atoms with Crippen LogP contribution in [-0.4, -0.2) is 82.3 Å². The first-order valence-electron chi connectivity index (χ1n) is 11.2. The van der Waals surface area contributed by atoms with Crippen LogP contribution in [0.3, 0.4) is 0 Å². The lowest BCUT2D eigenvalue weighted by atomic mass is 9.75. The lowest BCUT2D eigenvalue weighted by Crippen LogP contribution is -2.58. The van der Waals surface area contributed by atoms with Crippen LogP contribution in [0.5, 0.6) is 0 Å². The fourth-order valence-electron chi connectivity index (χ4n) is 5.66. The first-order chi connectivity index (χ1) is 14.8. The monoisotopic (exact) mass is 432 g/mol. The van der Waals surface area contributed by atoms with E-state index in [2.05, 4.69) is 6.92 Å². The number of aliphatic hydroxyl groups is 1. The van der Waals surface area contributed by atoms with Crippen LogP contribution < -0.4 is 0 Å². The zero-order valence-electron chi connectivity index (χ0n) is 18.5. The Morgan fingerprint density at radius 1 is 1.16 bits per heavy atom. The Morgan fingerprint density at radius 2 is 1.94 bits per heavy atom. The van der Waals surface area contributed by atoms with Gasteiger partial charge in [0.2, 0.25) is 11.8 Å². The number of amides is 2. The van der Waals surface area contributed by atoms with E-state index in [9.17, 15) is 19.5 Å². The fraction of sp³-hybridized carbons (Fsp3) is 0.696. The SMILES string of the molecule is CCCCCN1CC=C[C@]23O[C@@]4(C)C=CCOC(=O)[C@H]4[C@H]2C(=O)N([C@H](C)CO)C3C1=O. The summed E-state index contributed by atoms with van der Waals surface area (Å²) in [4.78, 5) is 43.6. The maximum absolute atomic E-state index is 13.8. The van der Waals surface area contributed by atoms with Crippen LogP contribution in [0, 0.1) is 11.8 Å². The Morgan fingerprint density at radius 3 is 2.65 bits per heavy atom. The lowest BCUT2D eigenvalue weighted by Gasteiger charge is -2.39. The molecule has 4 heterocycles. The van der Waals surface area contributed by atoms with Gasteiger partial charge in [0.25, 0.3) is 0 Å². The van der Waals surface area contributed by atoms with Gasteiger partial charge in [-0.15, -0.1) is 0 Å². The molecule has 2 saturated heterocycles. The highest BCUT2D eigenvalue weighted by molar-refractivity contribution is 5.99. The fourth-order valence-corrected chi connectivity index (χ4v) is 5.66. The minimum atomic E-state index is -1.28. The number of carbonyl (C=O) groups excluding carboxylic acids is 3. The molecule has 0 saturated carbocycles. The molecule has 31 heavy (non-hydrogen) atoms. The molecule has 170 valence electrons. The molecule has 4 rings (SSSR count). The molecular formula is C23H32N2O6. The molecule has 0 radical (unpaired) electrons. The molecule has 0 aliphatic carbocycles. The van der Waals surface area contributed by atoms with E-state index in [1.165, 1.54) is 4.90 Å². The quantitative estimate of drug-likeness (QED) is 0.383. The van der Waals surface area contributed by atoms with Gasteiger partial charge in [0.15, 0.2) is 0 Å². The predicted octanol–water partition coefficient (Wildman–Crippen LogP) is 1.04. The number of hydrogen-bond acceptors (Lipinski definition) is 6. The highest BCUT2D eigenvalue weighted by atomic mass is 16.6. The first-order valence-corrected chi connectivity index (χ1v) is 11.2. The summed E-state index contributed by atoms with van der Waals surface area (Å²) in [5.74, 6) is -2.79. The van der Waals surface area contributed by atoms with Crippen LogP contribution in [0.1, 0.15) is 40.0 Å². The van der Waals surface area contributed by atoms with Crippen molar-refractivity contribution in [3.8, 4) is 0 Å². The van der Waals surface area contributed by atoms with Gasteiger partial charge in [-0.2, -0.15) is 0 Å². The van der Waals surface area contributed by atoms with Gasteiger partial charge in [-0.05, 0) is 26.3 Å². The third-order valence-corrected chi connectivity index (χ3v) is 7.10. The normalized spacial score (nSPS) is 37.8. The minimum absolute atomic E-state index is 0.127. The molecule has 1 spiro atoms. The number of ether oxygens (including phenoxy) is 2. The summed E-state index contributed by atoms with van der Waals surface area (Å²) >= 11 is 0. The van der Waals surface area contributed by atoms with Crippen molar-refractivity contribution < 1.29 is 29.0 Å². The summed E-state index contributed by atoms with van der Waals surface area (Å²) in [6.07, 6.45) is 10.1. The number of unbranched alkanes of at least 4 members (excludes halogenated alkanes) is 2. The topological polar surface area (TPSA) is 96.4 Å². The highest BCUT2D eigenvalue weighted by Crippen LogP contribution is 2.57. The predicted molar refractivity (Wildman–Crippen MR) is 112 cm³/mol. The standard InChI is InChI=1S/C23H32N2O6/c1-4-5-6-11-24-12-7-10-23-16(17-21(29)30-13-8-9-22(17,3)31-23)19(27)25(15(2)14-26)18(23)20(24)28/h7-10,15-18,26H,4-6,11-14H2,1-3H3/t15-,16+,17-,18?,22+,23+/m1/s1. The summed E-state index contributed by atoms with van der Waals surface area (Å²) in [5, 5.41) is 9.86. The Hall–Kier alpha value is -2.19. The van der Waals surface area contributed by atoms with Gasteiger partial charge in [-0.25, -0.2) is 0 Å². The molecule has 2 amide bonds. The van der Waals surface area contributed by atoms with E-state index in [0.717, 1.165) is 19.3 Å². The van der Waals surface area contributed by atoms with Gasteiger partial charge in [0, 0.05) is 13.1 Å². The van der Waals surface area contributed by atoms with Crippen molar-refractivity contribution in [2.75, 3.05) is 26.3 Å². The number of likely N-dealkylation sites (tertiary alicyclic amines) is 1. The van der Waals surface area contributed by atoms with Crippen molar-refractivity contribution in [2.24, 2.45) is 11.8 Å². The zero-order valence-corrected chi connectivity index (χ0v) is 18.5. The second kappa shape index (κ2) is 8.06. The van der Waals surface area contributed by atoms with E-state index >= 15 is 0 Å². The largest absolute Gasteiger partial charge is 0.461 e. The maximum Gasteiger partial charge on any atom is 0.313 e. The molecular weight excluding hydrogens is 400 g/mol. The van der Waals surface area contributed by atoms with Gasteiger partial charge in [-0.3, -0.25) is 14.4 Å². The van der Waals surface area contributed by atoms with Gasteiger partial charge >= 0.3 is 5.97 Å². The van der Waals surface area contributed by atoms with E-state index in [1.54, 1.807) is 30.9 Å². The number of carbonyl (C=O) groups is 3. The lowest BCUT2D eigenvalue weighted by molar-refractivity contribution is -0.159. The zero-order chi connectivity index (χ0) is 22.4. The van der Waals surface area contributed by atoms with E-state index < -0.39 is 41.1 Å². The molecule has 0 aromatic heterocycles. The molecule has 0 aromatic carbocycles. The Bertz CT molecular complexity index is 825. The van der Waals surface area contributed by atoms with Crippen molar-refractivity contribution in [1.29, 1.82) is 0 Å². The molecule has 6 atom stereocenters. The van der Waals surface area contributed by atoms with Crippen molar-refractivity contribution in [3.63, 3.8) is 0 Å². The van der Waals surface area contributed by atoms with Crippen LogP contribution in [0.15, 0.2) is 24.3 Å². The van der Waals surface area contributed by atoms with Gasteiger partial charge < -0.3 is 24.4 Å². The Labute approximate surface area is 182 Å². The van der Waals surface area contributed by atoms with Crippen LogP contribution in [0.4, 0.5) is 0 Å². The molecule has 0 aromatic rings. The number of esters is 1. The summed E-state index contributed by atoms with van der Waals surface area (Å²) in [7, 11) is 0. The van der Waals surface area contributed by atoms with Crippen LogP contribution >= 0.6 is 0 Å². The van der Waals surface area contributed by atoms with Crippen LogP contribution in [0.2, 0.25) is 0 Å². The smallest absolute Gasteiger partial charge is 0.313 e.